The van der Waals surface area contributed by atoms with Crippen molar-refractivity contribution in [1.29, 1.82) is 0 Å². The molecular weight excluding hydrogens is 436 g/mol. The van der Waals surface area contributed by atoms with Crippen LogP contribution in [0.1, 0.15) is 30.2 Å². The lowest BCUT2D eigenvalue weighted by molar-refractivity contribution is -0.131. The van der Waals surface area contributed by atoms with Crippen molar-refractivity contribution in [3.8, 4) is 17.0 Å². The van der Waals surface area contributed by atoms with E-state index in [1.54, 1.807) is 30.0 Å². The van der Waals surface area contributed by atoms with E-state index in [1.807, 2.05) is 0 Å². The van der Waals surface area contributed by atoms with Gasteiger partial charge in [-0.1, -0.05) is 12.1 Å². The highest BCUT2D eigenvalue weighted by Crippen LogP contribution is 2.47. The predicted octanol–water partition coefficient (Wildman–Crippen LogP) is 1.52. The van der Waals surface area contributed by atoms with Gasteiger partial charge in [-0.2, -0.15) is 8.78 Å². The lowest BCUT2D eigenvalue weighted by Gasteiger charge is -2.43. The first-order valence-corrected chi connectivity index (χ1v) is 10.7. The molecule has 33 heavy (non-hydrogen) atoms. The van der Waals surface area contributed by atoms with Crippen LogP contribution in [0, 0.1) is 0 Å². The van der Waals surface area contributed by atoms with Gasteiger partial charge in [0.15, 0.2) is 5.54 Å². The number of amides is 3. The van der Waals surface area contributed by atoms with E-state index in [2.05, 4.69) is 15.3 Å². The molecular formula is C22H21F2N5O4. The molecule has 0 saturated carbocycles. The highest BCUT2D eigenvalue weighted by atomic mass is 19.3. The van der Waals surface area contributed by atoms with Crippen molar-refractivity contribution in [3.05, 3.63) is 35.0 Å². The van der Waals surface area contributed by atoms with Crippen LogP contribution in [0.4, 0.5) is 19.5 Å². The summed E-state index contributed by atoms with van der Waals surface area (Å²) < 4.78 is 35.1. The van der Waals surface area contributed by atoms with Crippen LogP contribution in [-0.2, 0) is 22.7 Å². The fraction of sp³-hybridized carbons (Fsp3) is 0.455. The zero-order chi connectivity index (χ0) is 23.3. The fourth-order valence-electron chi connectivity index (χ4n) is 5.02. The van der Waals surface area contributed by atoms with Crippen LogP contribution in [0.25, 0.3) is 11.3 Å². The number of ether oxygens (including phenoxy) is 1. The van der Waals surface area contributed by atoms with Crippen LogP contribution < -0.4 is 15.0 Å². The maximum absolute atomic E-state index is 14.6. The zero-order valence-corrected chi connectivity index (χ0v) is 17.9. The molecule has 3 aliphatic heterocycles. The van der Waals surface area contributed by atoms with Gasteiger partial charge < -0.3 is 20.1 Å². The van der Waals surface area contributed by atoms with Crippen LogP contribution in [0.15, 0.2) is 18.2 Å². The summed E-state index contributed by atoms with van der Waals surface area (Å²) in [6.45, 7) is 2.01. The second-order valence-corrected chi connectivity index (χ2v) is 9.06. The molecule has 1 aromatic carbocycles. The second-order valence-electron chi connectivity index (χ2n) is 9.06. The molecule has 2 N–H and O–H groups in total. The molecule has 0 bridgehead atoms. The number of anilines is 1. The van der Waals surface area contributed by atoms with Crippen molar-refractivity contribution >= 4 is 17.9 Å². The minimum absolute atomic E-state index is 0.0465. The van der Waals surface area contributed by atoms with E-state index in [-0.39, 0.29) is 43.7 Å². The van der Waals surface area contributed by atoms with Crippen molar-refractivity contribution in [2.24, 2.45) is 0 Å². The van der Waals surface area contributed by atoms with Crippen LogP contribution in [0.3, 0.4) is 0 Å². The van der Waals surface area contributed by atoms with Crippen LogP contribution in [-0.4, -0.2) is 64.3 Å². The highest BCUT2D eigenvalue weighted by Gasteiger charge is 2.56. The van der Waals surface area contributed by atoms with Crippen LogP contribution in [0.5, 0.6) is 5.75 Å². The first-order chi connectivity index (χ1) is 15.6. The van der Waals surface area contributed by atoms with E-state index in [0.29, 0.717) is 28.1 Å². The SMILES string of the molecule is C[C@H]1[C@H](O)CN1c1nc(-c2ccc3c(c2)OCC32NC(=O)N(C)C2=O)c2c(n1)C(F)(F)CC2. The van der Waals surface area contributed by atoms with Gasteiger partial charge in [0.1, 0.15) is 18.1 Å². The number of imide groups is 1. The summed E-state index contributed by atoms with van der Waals surface area (Å²) in [7, 11) is 1.40. The Kier molecular flexibility index (Phi) is 3.92. The number of alkyl halides is 2. The standard InChI is InChI=1S/C22H21F2N5O4/c1-10-14(30)8-29(10)19-25-16(12-5-6-22(23,24)17(12)26-19)11-3-4-13-15(7-11)33-9-21(13)18(31)28(2)20(32)27-21/h3-4,7,10,14,30H,5-6,8-9H2,1-2H3,(H,27,32)/t10-,14+,21?/m0/s1. The Bertz CT molecular complexity index is 1240. The molecule has 1 unspecified atom stereocenters. The third-order valence-electron chi connectivity index (χ3n) is 7.17. The quantitative estimate of drug-likeness (QED) is 0.659. The zero-order valence-electron chi connectivity index (χ0n) is 17.9. The van der Waals surface area contributed by atoms with E-state index in [9.17, 15) is 23.5 Å². The molecule has 9 nitrogen and oxygen atoms in total. The summed E-state index contributed by atoms with van der Waals surface area (Å²) >= 11 is 0. The number of nitrogens with zero attached hydrogens (tertiary/aromatic N) is 4. The molecule has 4 aliphatic rings. The van der Waals surface area contributed by atoms with Gasteiger partial charge >= 0.3 is 6.03 Å². The number of halogens is 2. The Balaban J connectivity index is 1.46. The fourth-order valence-corrected chi connectivity index (χ4v) is 5.02. The largest absolute Gasteiger partial charge is 0.490 e. The Morgan fingerprint density at radius 2 is 2.06 bits per heavy atom. The van der Waals surface area contributed by atoms with Crippen molar-refractivity contribution in [2.45, 2.75) is 43.4 Å². The van der Waals surface area contributed by atoms with Gasteiger partial charge in [0.25, 0.3) is 11.8 Å². The number of carbonyl (C=O) groups excluding carboxylic acids is 2. The van der Waals surface area contributed by atoms with E-state index in [0.717, 1.165) is 4.90 Å². The molecule has 1 aromatic heterocycles. The lowest BCUT2D eigenvalue weighted by Crippen LogP contribution is -2.59. The topological polar surface area (TPSA) is 108 Å². The molecule has 2 saturated heterocycles. The second kappa shape index (κ2) is 6.37. The number of aliphatic hydroxyl groups is 1. The smallest absolute Gasteiger partial charge is 0.325 e. The van der Waals surface area contributed by atoms with Gasteiger partial charge in [-0.05, 0) is 19.4 Å². The normalized spacial score (nSPS) is 29.1. The Labute approximate surface area is 187 Å². The number of aliphatic hydroxyl groups excluding tert-OH is 1. The van der Waals surface area contributed by atoms with Crippen molar-refractivity contribution < 1.29 is 28.2 Å². The van der Waals surface area contributed by atoms with Gasteiger partial charge in [-0.15, -0.1) is 0 Å². The molecule has 1 spiro atoms. The number of hydrogen-bond acceptors (Lipinski definition) is 7. The average molecular weight is 457 g/mol. The van der Waals surface area contributed by atoms with Crippen LogP contribution in [0.2, 0.25) is 0 Å². The number of benzene rings is 1. The summed E-state index contributed by atoms with van der Waals surface area (Å²) in [6, 6.07) is 4.25. The van der Waals surface area contributed by atoms with Gasteiger partial charge in [0, 0.05) is 36.7 Å². The number of hydrogen-bond donors (Lipinski definition) is 2. The molecule has 3 amide bonds. The van der Waals surface area contributed by atoms with Gasteiger partial charge in [-0.25, -0.2) is 14.8 Å². The highest BCUT2D eigenvalue weighted by molar-refractivity contribution is 6.08. The molecule has 0 radical (unpaired) electrons. The van der Waals surface area contributed by atoms with Gasteiger partial charge in [-0.3, -0.25) is 9.69 Å². The maximum Gasteiger partial charge on any atom is 0.325 e. The summed E-state index contributed by atoms with van der Waals surface area (Å²) in [5, 5.41) is 12.6. The Morgan fingerprint density at radius 1 is 1.27 bits per heavy atom. The lowest BCUT2D eigenvalue weighted by atomic mass is 9.90. The number of nitrogens with one attached hydrogen (secondary N) is 1. The van der Waals surface area contributed by atoms with E-state index in [1.165, 1.54) is 7.05 Å². The predicted molar refractivity (Wildman–Crippen MR) is 111 cm³/mol. The Hall–Kier alpha value is -3.34. The van der Waals surface area contributed by atoms with E-state index in [4.69, 9.17) is 4.74 Å². The maximum atomic E-state index is 14.6. The van der Waals surface area contributed by atoms with Gasteiger partial charge in [0.05, 0.1) is 17.8 Å². The van der Waals surface area contributed by atoms with E-state index >= 15 is 0 Å². The summed E-state index contributed by atoms with van der Waals surface area (Å²) in [5.41, 5.74) is 0.275. The van der Waals surface area contributed by atoms with Crippen LogP contribution >= 0.6 is 0 Å². The molecule has 172 valence electrons. The molecule has 4 heterocycles. The Morgan fingerprint density at radius 3 is 2.73 bits per heavy atom. The first-order valence-electron chi connectivity index (χ1n) is 10.7. The third kappa shape index (κ3) is 2.59. The first kappa shape index (κ1) is 20.3. The van der Waals surface area contributed by atoms with Crippen molar-refractivity contribution in [2.75, 3.05) is 25.1 Å². The summed E-state index contributed by atoms with van der Waals surface area (Å²) in [4.78, 5) is 36.3. The number of likely N-dealkylation sites (N-methyl/N-ethyl adjacent to an activating group) is 1. The third-order valence-corrected chi connectivity index (χ3v) is 7.17. The molecule has 2 aromatic rings. The number of urea groups is 1. The molecule has 1 aliphatic carbocycles. The van der Waals surface area contributed by atoms with Crippen molar-refractivity contribution in [1.82, 2.24) is 20.2 Å². The number of rotatable bonds is 2. The minimum atomic E-state index is -3.06. The minimum Gasteiger partial charge on any atom is -0.490 e. The number of aromatic nitrogens is 2. The summed E-state index contributed by atoms with van der Waals surface area (Å²) in [5.74, 6) is -2.92. The monoisotopic (exact) mass is 457 g/mol. The van der Waals surface area contributed by atoms with Gasteiger partial charge in [0.2, 0.25) is 5.95 Å². The molecule has 3 atom stereocenters. The number of β-amino-alcohol motifs (C(OH)–C–C–N with tert-alkyl or cyclic N) is 1. The average Bonchev–Trinajstić information content (AvgIpc) is 3.39. The molecule has 6 rings (SSSR count). The number of fused-ring (bicyclic) bond motifs is 3. The molecule has 11 heteroatoms. The van der Waals surface area contributed by atoms with Crippen molar-refractivity contribution in [3.63, 3.8) is 0 Å². The summed E-state index contributed by atoms with van der Waals surface area (Å²) in [6.07, 6.45) is -0.770. The van der Waals surface area contributed by atoms with E-state index < -0.39 is 29.5 Å². The molecule has 2 fully saturated rings. The number of carbonyl (C=O) groups is 2.